The maximum absolute atomic E-state index is 13.8. The van der Waals surface area contributed by atoms with Gasteiger partial charge >= 0.3 is 0 Å². The fourth-order valence-electron chi connectivity index (χ4n) is 2.74. The molecule has 0 amide bonds. The molecule has 1 aromatic rings. The van der Waals surface area contributed by atoms with Crippen LogP contribution in [0.2, 0.25) is 5.02 Å². The van der Waals surface area contributed by atoms with Gasteiger partial charge in [0.15, 0.2) is 0 Å². The Morgan fingerprint density at radius 1 is 1.24 bits per heavy atom. The molecular formula is C14H17BrClF. The second-order valence-corrected chi connectivity index (χ2v) is 6.10. The fourth-order valence-corrected chi connectivity index (χ4v) is 3.70. The highest BCUT2D eigenvalue weighted by atomic mass is 79.9. The number of alkyl halides is 1. The average molecular weight is 320 g/mol. The van der Waals surface area contributed by atoms with Crippen molar-refractivity contribution in [2.75, 3.05) is 5.33 Å². The van der Waals surface area contributed by atoms with Gasteiger partial charge in [0, 0.05) is 10.4 Å². The van der Waals surface area contributed by atoms with Crippen LogP contribution in [0.15, 0.2) is 18.2 Å². The molecule has 0 heterocycles. The Kier molecular flexibility index (Phi) is 4.48. The van der Waals surface area contributed by atoms with Crippen LogP contribution >= 0.6 is 27.5 Å². The van der Waals surface area contributed by atoms with E-state index in [4.69, 9.17) is 11.6 Å². The summed E-state index contributed by atoms with van der Waals surface area (Å²) in [6.07, 6.45) is 6.99. The molecule has 0 spiro atoms. The van der Waals surface area contributed by atoms with Crippen LogP contribution < -0.4 is 0 Å². The third-order valence-electron chi connectivity index (χ3n) is 3.77. The maximum Gasteiger partial charge on any atom is 0.126 e. The summed E-state index contributed by atoms with van der Waals surface area (Å²) in [5.41, 5.74) is 0.989. The molecule has 1 aliphatic rings. The summed E-state index contributed by atoms with van der Waals surface area (Å²) in [5.74, 6) is -0.125. The number of benzene rings is 1. The number of halogens is 3. The molecule has 1 saturated carbocycles. The lowest BCUT2D eigenvalue weighted by Gasteiger charge is -2.36. The third-order valence-corrected chi connectivity index (χ3v) is 5.20. The van der Waals surface area contributed by atoms with Gasteiger partial charge in [0.1, 0.15) is 5.82 Å². The highest BCUT2D eigenvalue weighted by Crippen LogP contribution is 2.41. The molecule has 1 aliphatic carbocycles. The van der Waals surface area contributed by atoms with Crippen molar-refractivity contribution in [3.8, 4) is 0 Å². The van der Waals surface area contributed by atoms with Crippen molar-refractivity contribution in [2.24, 2.45) is 5.41 Å². The monoisotopic (exact) mass is 318 g/mol. The smallest absolute Gasteiger partial charge is 0.126 e. The van der Waals surface area contributed by atoms with Crippen molar-refractivity contribution in [3.63, 3.8) is 0 Å². The van der Waals surface area contributed by atoms with Crippen LogP contribution in [0.1, 0.15) is 37.7 Å². The summed E-state index contributed by atoms with van der Waals surface area (Å²) in [6, 6.07) is 4.86. The molecule has 0 saturated heterocycles. The lowest BCUT2D eigenvalue weighted by molar-refractivity contribution is 0.221. The van der Waals surface area contributed by atoms with Gasteiger partial charge < -0.3 is 0 Å². The van der Waals surface area contributed by atoms with Gasteiger partial charge in [-0.1, -0.05) is 46.8 Å². The first-order valence-corrected chi connectivity index (χ1v) is 7.65. The molecule has 0 unspecified atom stereocenters. The summed E-state index contributed by atoms with van der Waals surface area (Å²) in [5, 5.41) is 1.58. The Bertz CT molecular complexity index is 386. The minimum Gasteiger partial charge on any atom is -0.207 e. The minimum absolute atomic E-state index is 0.125. The van der Waals surface area contributed by atoms with Crippen molar-refractivity contribution in [2.45, 2.75) is 38.5 Å². The second-order valence-electron chi connectivity index (χ2n) is 5.11. The van der Waals surface area contributed by atoms with E-state index in [-0.39, 0.29) is 11.2 Å². The molecule has 94 valence electrons. The zero-order chi connectivity index (χ0) is 12.3. The Balaban J connectivity index is 2.20. The summed E-state index contributed by atoms with van der Waals surface area (Å²) in [7, 11) is 0. The molecule has 3 heteroatoms. The van der Waals surface area contributed by atoms with Crippen molar-refractivity contribution >= 4 is 27.5 Å². The maximum atomic E-state index is 13.8. The van der Waals surface area contributed by atoms with Crippen LogP contribution in [0.5, 0.6) is 0 Å². The van der Waals surface area contributed by atoms with Gasteiger partial charge in [-0.25, -0.2) is 4.39 Å². The van der Waals surface area contributed by atoms with E-state index in [0.29, 0.717) is 5.02 Å². The Hall–Kier alpha value is -0.0800. The van der Waals surface area contributed by atoms with Crippen molar-refractivity contribution in [1.29, 1.82) is 0 Å². The fraction of sp³-hybridized carbons (Fsp3) is 0.571. The summed E-state index contributed by atoms with van der Waals surface area (Å²) < 4.78 is 13.8. The topological polar surface area (TPSA) is 0 Å². The van der Waals surface area contributed by atoms with E-state index in [9.17, 15) is 4.39 Å². The van der Waals surface area contributed by atoms with Crippen LogP contribution in [0.3, 0.4) is 0 Å². The van der Waals surface area contributed by atoms with Crippen LogP contribution in [0, 0.1) is 11.2 Å². The summed E-state index contributed by atoms with van der Waals surface area (Å²) in [4.78, 5) is 0. The van der Waals surface area contributed by atoms with E-state index in [1.807, 2.05) is 0 Å². The molecule has 0 bridgehead atoms. The normalized spacial score (nSPS) is 19.2. The zero-order valence-corrected chi connectivity index (χ0v) is 12.2. The Morgan fingerprint density at radius 2 is 1.94 bits per heavy atom. The van der Waals surface area contributed by atoms with Gasteiger partial charge in [-0.3, -0.25) is 0 Å². The van der Waals surface area contributed by atoms with Crippen LogP contribution in [-0.2, 0) is 6.42 Å². The van der Waals surface area contributed by atoms with E-state index in [1.165, 1.54) is 38.2 Å². The predicted octanol–water partition coefficient (Wildman–Crippen LogP) is 5.37. The van der Waals surface area contributed by atoms with Crippen LogP contribution in [-0.4, -0.2) is 5.33 Å². The lowest BCUT2D eigenvalue weighted by atomic mass is 9.72. The first-order valence-electron chi connectivity index (χ1n) is 6.15. The molecule has 0 nitrogen and oxygen atoms in total. The number of hydrogen-bond donors (Lipinski definition) is 0. The van der Waals surface area contributed by atoms with E-state index in [1.54, 1.807) is 12.1 Å². The van der Waals surface area contributed by atoms with Gasteiger partial charge in [-0.05, 0) is 48.4 Å². The van der Waals surface area contributed by atoms with Gasteiger partial charge in [0.2, 0.25) is 0 Å². The molecule has 1 fully saturated rings. The van der Waals surface area contributed by atoms with Gasteiger partial charge in [-0.15, -0.1) is 0 Å². The Morgan fingerprint density at radius 3 is 2.59 bits per heavy atom. The summed E-state index contributed by atoms with van der Waals surface area (Å²) in [6.45, 7) is 0. The summed E-state index contributed by atoms with van der Waals surface area (Å²) >= 11 is 9.56. The minimum atomic E-state index is -0.125. The SMILES string of the molecule is Fc1ccc(Cl)cc1CC1(CBr)CCCCC1. The molecule has 0 atom stereocenters. The lowest BCUT2D eigenvalue weighted by Crippen LogP contribution is -2.28. The molecular weight excluding hydrogens is 303 g/mol. The number of hydrogen-bond acceptors (Lipinski definition) is 0. The van der Waals surface area contributed by atoms with Crippen LogP contribution in [0.4, 0.5) is 4.39 Å². The van der Waals surface area contributed by atoms with E-state index < -0.39 is 0 Å². The zero-order valence-electron chi connectivity index (χ0n) is 9.82. The molecule has 0 N–H and O–H groups in total. The largest absolute Gasteiger partial charge is 0.207 e. The van der Waals surface area contributed by atoms with Gasteiger partial charge in [-0.2, -0.15) is 0 Å². The molecule has 0 aliphatic heterocycles. The molecule has 0 radical (unpaired) electrons. The number of rotatable bonds is 3. The molecule has 0 aromatic heterocycles. The van der Waals surface area contributed by atoms with Crippen molar-refractivity contribution < 1.29 is 4.39 Å². The third kappa shape index (κ3) is 3.23. The van der Waals surface area contributed by atoms with E-state index in [0.717, 1.165) is 17.3 Å². The standard InChI is InChI=1S/C14H17BrClF/c15-10-14(6-2-1-3-7-14)9-11-8-12(16)4-5-13(11)17/h4-5,8H,1-3,6-7,9-10H2. The van der Waals surface area contributed by atoms with Gasteiger partial charge in [0.25, 0.3) is 0 Å². The van der Waals surface area contributed by atoms with Crippen LogP contribution in [0.25, 0.3) is 0 Å². The predicted molar refractivity (Wildman–Crippen MR) is 74.4 cm³/mol. The average Bonchev–Trinajstić information content (AvgIpc) is 2.35. The molecule has 17 heavy (non-hydrogen) atoms. The van der Waals surface area contributed by atoms with Crippen molar-refractivity contribution in [1.82, 2.24) is 0 Å². The quantitative estimate of drug-likeness (QED) is 0.657. The first-order chi connectivity index (χ1) is 8.15. The second kappa shape index (κ2) is 5.71. The Labute approximate surface area is 116 Å². The first kappa shape index (κ1) is 13.4. The molecule has 2 rings (SSSR count). The molecule has 1 aromatic carbocycles. The van der Waals surface area contributed by atoms with E-state index in [2.05, 4.69) is 15.9 Å². The highest BCUT2D eigenvalue weighted by Gasteiger charge is 2.31. The van der Waals surface area contributed by atoms with Gasteiger partial charge in [0.05, 0.1) is 0 Å². The van der Waals surface area contributed by atoms with E-state index >= 15 is 0 Å². The highest BCUT2D eigenvalue weighted by molar-refractivity contribution is 9.09. The van der Waals surface area contributed by atoms with Crippen molar-refractivity contribution in [3.05, 3.63) is 34.6 Å².